The Morgan fingerprint density at radius 1 is 1.37 bits per heavy atom. The minimum atomic E-state index is -0.723. The first-order chi connectivity index (χ1) is 14.5. The SMILES string of the molecule is Cc1c(OCc2ccccc2)c(=O)cc(COPI)n1NC1(N(C)C=O)CCOC1. The van der Waals surface area contributed by atoms with Crippen molar-refractivity contribution in [2.75, 3.05) is 25.7 Å². The van der Waals surface area contributed by atoms with Gasteiger partial charge in [-0.25, -0.2) is 0 Å². The molecule has 1 aromatic carbocycles. The minimum Gasteiger partial charge on any atom is -0.483 e. The highest BCUT2D eigenvalue weighted by molar-refractivity contribution is 14.2. The maximum atomic E-state index is 12.8. The normalized spacial score (nSPS) is 18.6. The van der Waals surface area contributed by atoms with Crippen molar-refractivity contribution in [3.8, 4) is 5.75 Å². The summed E-state index contributed by atoms with van der Waals surface area (Å²) >= 11 is 2.14. The number of nitrogens with zero attached hydrogens (tertiary/aromatic N) is 2. The van der Waals surface area contributed by atoms with Gasteiger partial charge in [0.15, 0.2) is 11.4 Å². The lowest BCUT2D eigenvalue weighted by molar-refractivity contribution is -0.121. The molecule has 162 valence electrons. The molecule has 1 N–H and O–H groups in total. The summed E-state index contributed by atoms with van der Waals surface area (Å²) in [6.45, 7) is 3.47. The standard InChI is InChI=1S/C20H25IN3O5P/c1-15-19(28-11-16-6-4-3-5-7-16)18(26)10-17(12-29-30-21)24(15)22-20(23(2)14-25)8-9-27-13-20/h3-7,10,14,22,30H,8-9,11-13H2,1-2H3. The van der Waals surface area contributed by atoms with Gasteiger partial charge in [0.05, 0.1) is 37.7 Å². The maximum absolute atomic E-state index is 12.8. The number of hydrogen-bond donors (Lipinski definition) is 1. The Morgan fingerprint density at radius 3 is 2.77 bits per heavy atom. The second-order valence-corrected chi connectivity index (χ2v) is 8.82. The number of nitrogens with one attached hydrogen (secondary N) is 1. The number of likely N-dealkylation sites (N-methyl/N-ethyl adjacent to an activating group) is 1. The third-order valence-corrected chi connectivity index (χ3v) is 6.32. The van der Waals surface area contributed by atoms with Crippen molar-refractivity contribution in [1.82, 2.24) is 9.58 Å². The molecule has 1 saturated heterocycles. The van der Waals surface area contributed by atoms with E-state index < -0.39 is 5.66 Å². The molecule has 1 aliphatic rings. The van der Waals surface area contributed by atoms with E-state index in [0.717, 1.165) is 12.0 Å². The Balaban J connectivity index is 1.97. The summed E-state index contributed by atoms with van der Waals surface area (Å²) in [6, 6.07) is 11.2. The lowest BCUT2D eigenvalue weighted by Gasteiger charge is -2.38. The number of pyridine rings is 1. The van der Waals surface area contributed by atoms with Gasteiger partial charge in [0.2, 0.25) is 11.8 Å². The van der Waals surface area contributed by atoms with Gasteiger partial charge in [0.1, 0.15) is 6.61 Å². The zero-order valence-electron chi connectivity index (χ0n) is 16.9. The fourth-order valence-electron chi connectivity index (χ4n) is 3.35. The summed E-state index contributed by atoms with van der Waals surface area (Å²) in [5, 5.41) is 0. The molecule has 0 spiro atoms. The van der Waals surface area contributed by atoms with Crippen LogP contribution in [0.4, 0.5) is 0 Å². The molecule has 1 fully saturated rings. The van der Waals surface area contributed by atoms with Gasteiger partial charge in [-0.3, -0.25) is 19.7 Å². The van der Waals surface area contributed by atoms with Gasteiger partial charge in [-0.2, -0.15) is 0 Å². The number of carbonyl (C=O) groups excluding carboxylic acids is 1. The summed E-state index contributed by atoms with van der Waals surface area (Å²) in [6.07, 6.45) is 1.39. The molecule has 0 saturated carbocycles. The molecule has 2 aromatic rings. The molecule has 8 nitrogen and oxygen atoms in total. The number of aromatic nitrogens is 1. The Labute approximate surface area is 190 Å². The smallest absolute Gasteiger partial charge is 0.224 e. The average Bonchev–Trinajstić information content (AvgIpc) is 3.24. The first-order valence-corrected chi connectivity index (χ1v) is 13.5. The average molecular weight is 545 g/mol. The molecule has 1 aromatic heterocycles. The lowest BCUT2D eigenvalue weighted by Crippen LogP contribution is -2.56. The highest BCUT2D eigenvalue weighted by Gasteiger charge is 2.39. The monoisotopic (exact) mass is 545 g/mol. The molecular weight excluding hydrogens is 520 g/mol. The topological polar surface area (TPSA) is 82.0 Å². The van der Waals surface area contributed by atoms with E-state index in [1.165, 1.54) is 6.07 Å². The number of hydrogen-bond acceptors (Lipinski definition) is 6. The van der Waals surface area contributed by atoms with Crippen molar-refractivity contribution < 1.29 is 18.8 Å². The molecular formula is C20H25IN3O5P. The Bertz CT molecular complexity index is 919. The third kappa shape index (κ3) is 5.14. The van der Waals surface area contributed by atoms with E-state index >= 15 is 0 Å². The molecule has 3 rings (SSSR count). The second kappa shape index (κ2) is 10.6. The highest BCUT2D eigenvalue weighted by Crippen LogP contribution is 2.27. The highest BCUT2D eigenvalue weighted by atomic mass is 127. The van der Waals surface area contributed by atoms with Gasteiger partial charge in [0, 0.05) is 19.5 Å². The first-order valence-electron chi connectivity index (χ1n) is 9.44. The summed E-state index contributed by atoms with van der Waals surface area (Å²) < 4.78 is 18.9. The summed E-state index contributed by atoms with van der Waals surface area (Å²) in [4.78, 5) is 25.9. The van der Waals surface area contributed by atoms with Gasteiger partial charge in [-0.05, 0) is 34.5 Å². The predicted molar refractivity (Wildman–Crippen MR) is 125 cm³/mol. The van der Waals surface area contributed by atoms with Crippen LogP contribution in [0.3, 0.4) is 0 Å². The van der Waals surface area contributed by atoms with Crippen LogP contribution in [0.15, 0.2) is 41.2 Å². The van der Waals surface area contributed by atoms with E-state index in [4.69, 9.17) is 14.0 Å². The summed E-state index contributed by atoms with van der Waals surface area (Å²) in [5.74, 6) is 0.259. The number of amides is 1. The molecule has 0 aliphatic carbocycles. The number of halogens is 1. The lowest BCUT2D eigenvalue weighted by atomic mass is 10.1. The van der Waals surface area contributed by atoms with Crippen LogP contribution in [-0.4, -0.2) is 41.9 Å². The van der Waals surface area contributed by atoms with Gasteiger partial charge in [-0.15, -0.1) is 0 Å². The summed E-state index contributed by atoms with van der Waals surface area (Å²) in [7, 11) is 1.71. The molecule has 2 heterocycles. The van der Waals surface area contributed by atoms with Gasteiger partial charge in [0.25, 0.3) is 0 Å². The first kappa shape index (κ1) is 23.0. The number of ether oxygens (including phenoxy) is 2. The Morgan fingerprint density at radius 2 is 2.13 bits per heavy atom. The van der Waals surface area contributed by atoms with Crippen LogP contribution < -0.4 is 15.6 Å². The minimum absolute atomic E-state index is 0.211. The van der Waals surface area contributed by atoms with Crippen LogP contribution in [0.2, 0.25) is 0 Å². The van der Waals surface area contributed by atoms with Crippen molar-refractivity contribution in [3.63, 3.8) is 0 Å². The van der Waals surface area contributed by atoms with E-state index in [9.17, 15) is 9.59 Å². The molecule has 2 atom stereocenters. The molecule has 2 unspecified atom stereocenters. The number of rotatable bonds is 10. The van der Waals surface area contributed by atoms with Crippen LogP contribution >= 0.6 is 28.5 Å². The Hall–Kier alpha value is -1.68. The molecule has 0 bridgehead atoms. The second-order valence-electron chi connectivity index (χ2n) is 7.05. The molecule has 30 heavy (non-hydrogen) atoms. The molecule has 1 amide bonds. The fraction of sp³-hybridized carbons (Fsp3) is 0.400. The largest absolute Gasteiger partial charge is 0.483 e. The fourth-order valence-corrected chi connectivity index (χ4v) is 4.02. The van der Waals surface area contributed by atoms with E-state index in [0.29, 0.717) is 31.0 Å². The van der Waals surface area contributed by atoms with Crippen molar-refractivity contribution in [3.05, 3.63) is 63.6 Å². The van der Waals surface area contributed by atoms with E-state index in [1.807, 2.05) is 37.3 Å². The van der Waals surface area contributed by atoms with E-state index in [-0.39, 0.29) is 30.8 Å². The van der Waals surface area contributed by atoms with Crippen LogP contribution in [0.5, 0.6) is 5.75 Å². The molecule has 1 aliphatic heterocycles. The number of carbonyl (C=O) groups is 1. The predicted octanol–water partition coefficient (Wildman–Crippen LogP) is 2.94. The third-order valence-electron chi connectivity index (χ3n) is 5.13. The zero-order chi connectivity index (χ0) is 21.6. The summed E-state index contributed by atoms with van der Waals surface area (Å²) in [5.41, 5.74) is 4.70. The zero-order valence-corrected chi connectivity index (χ0v) is 20.0. The van der Waals surface area contributed by atoms with E-state index in [1.54, 1.807) is 16.6 Å². The maximum Gasteiger partial charge on any atom is 0.224 e. The number of benzene rings is 1. The van der Waals surface area contributed by atoms with Crippen molar-refractivity contribution in [1.29, 1.82) is 0 Å². The molecule has 0 radical (unpaired) electrons. The van der Waals surface area contributed by atoms with Crippen LogP contribution in [0.1, 0.15) is 23.4 Å². The van der Waals surface area contributed by atoms with Crippen molar-refractivity contribution in [2.24, 2.45) is 0 Å². The van der Waals surface area contributed by atoms with Gasteiger partial charge < -0.3 is 18.9 Å². The van der Waals surface area contributed by atoms with Gasteiger partial charge >= 0.3 is 0 Å². The van der Waals surface area contributed by atoms with Crippen LogP contribution in [-0.2, 0) is 27.3 Å². The van der Waals surface area contributed by atoms with Crippen LogP contribution in [0.25, 0.3) is 0 Å². The van der Waals surface area contributed by atoms with Gasteiger partial charge in [-0.1, -0.05) is 30.3 Å². The van der Waals surface area contributed by atoms with E-state index in [2.05, 4.69) is 27.5 Å². The van der Waals surface area contributed by atoms with Crippen molar-refractivity contribution in [2.45, 2.75) is 32.2 Å². The van der Waals surface area contributed by atoms with Crippen LogP contribution in [0, 0.1) is 6.92 Å². The molecule has 10 heteroatoms. The van der Waals surface area contributed by atoms with Crippen molar-refractivity contribution >= 4 is 34.9 Å². The Kier molecular flexibility index (Phi) is 8.10. The quantitative estimate of drug-likeness (QED) is 0.214.